The third kappa shape index (κ3) is 6.94. The molecule has 0 unspecified atom stereocenters. The molecular formula is C29H26Cl2N2O4S2. The van der Waals surface area contributed by atoms with E-state index in [1.54, 1.807) is 42.5 Å². The third-order valence-electron chi connectivity index (χ3n) is 5.74. The number of thioether (sulfide) groups is 1. The van der Waals surface area contributed by atoms with Crippen LogP contribution in [0, 0.1) is 0 Å². The van der Waals surface area contributed by atoms with Gasteiger partial charge in [0, 0.05) is 5.69 Å². The average molecular weight is 602 g/mol. The first kappa shape index (κ1) is 29.0. The molecule has 0 aromatic heterocycles. The first-order chi connectivity index (χ1) is 18.7. The van der Waals surface area contributed by atoms with Crippen molar-refractivity contribution >= 4 is 80.8 Å². The number of hydrogen-bond acceptors (Lipinski definition) is 6. The number of carbonyl (C=O) groups is 2. The molecule has 1 aliphatic heterocycles. The fourth-order valence-corrected chi connectivity index (χ4v) is 5.50. The van der Waals surface area contributed by atoms with E-state index in [-0.39, 0.29) is 24.3 Å². The van der Waals surface area contributed by atoms with Gasteiger partial charge in [0.25, 0.3) is 11.8 Å². The Morgan fingerprint density at radius 1 is 1.05 bits per heavy atom. The molecule has 39 heavy (non-hydrogen) atoms. The van der Waals surface area contributed by atoms with Gasteiger partial charge in [0.2, 0.25) is 0 Å². The fraction of sp³-hybridized carbons (Fsp3) is 0.207. The Morgan fingerprint density at radius 2 is 1.82 bits per heavy atom. The van der Waals surface area contributed by atoms with Crippen molar-refractivity contribution in [3.05, 3.63) is 86.7 Å². The molecule has 0 radical (unpaired) electrons. The highest BCUT2D eigenvalue weighted by Crippen LogP contribution is 2.39. The number of hydrogen-bond donors (Lipinski definition) is 1. The number of amides is 2. The number of halogens is 2. The van der Waals surface area contributed by atoms with Crippen molar-refractivity contribution in [1.29, 1.82) is 0 Å². The van der Waals surface area contributed by atoms with E-state index in [0.29, 0.717) is 43.1 Å². The van der Waals surface area contributed by atoms with Crippen molar-refractivity contribution in [2.45, 2.75) is 26.7 Å². The minimum absolute atomic E-state index is 0.186. The summed E-state index contributed by atoms with van der Waals surface area (Å²) in [6.45, 7) is 6.21. The molecule has 1 heterocycles. The first-order valence-electron chi connectivity index (χ1n) is 12.2. The van der Waals surface area contributed by atoms with E-state index in [9.17, 15) is 9.59 Å². The zero-order valence-electron chi connectivity index (χ0n) is 21.5. The normalized spacial score (nSPS) is 14.3. The van der Waals surface area contributed by atoms with Gasteiger partial charge >= 0.3 is 0 Å². The molecule has 0 spiro atoms. The molecule has 0 saturated carbocycles. The second-order valence-corrected chi connectivity index (χ2v) is 11.3. The summed E-state index contributed by atoms with van der Waals surface area (Å²) >= 11 is 18.8. The topological polar surface area (TPSA) is 67.9 Å². The number of nitrogens with zero attached hydrogens (tertiary/aromatic N) is 1. The summed E-state index contributed by atoms with van der Waals surface area (Å²) in [5.74, 6) is 0.607. The van der Waals surface area contributed by atoms with Crippen LogP contribution in [0.15, 0.2) is 65.6 Å². The molecular weight excluding hydrogens is 575 g/mol. The van der Waals surface area contributed by atoms with Crippen LogP contribution in [0.25, 0.3) is 6.08 Å². The summed E-state index contributed by atoms with van der Waals surface area (Å²) in [7, 11) is 0. The minimum atomic E-state index is -0.277. The number of anilines is 2. The molecule has 1 aliphatic rings. The van der Waals surface area contributed by atoms with Crippen LogP contribution in [0.3, 0.4) is 0 Å². The monoisotopic (exact) mass is 600 g/mol. The van der Waals surface area contributed by atoms with Crippen LogP contribution in [-0.4, -0.2) is 29.3 Å². The van der Waals surface area contributed by atoms with Gasteiger partial charge in [-0.15, -0.1) is 0 Å². The number of carbonyl (C=O) groups excluding carboxylic acids is 2. The van der Waals surface area contributed by atoms with E-state index in [1.165, 1.54) is 16.7 Å². The summed E-state index contributed by atoms with van der Waals surface area (Å²) in [5, 5.41) is 3.65. The molecule has 0 aliphatic carbocycles. The highest BCUT2D eigenvalue weighted by molar-refractivity contribution is 8.27. The van der Waals surface area contributed by atoms with Crippen LogP contribution in [0.4, 0.5) is 11.4 Å². The van der Waals surface area contributed by atoms with Gasteiger partial charge in [-0.3, -0.25) is 14.5 Å². The van der Waals surface area contributed by atoms with Crippen molar-refractivity contribution in [2.24, 2.45) is 0 Å². The van der Waals surface area contributed by atoms with E-state index in [4.69, 9.17) is 44.9 Å². The van der Waals surface area contributed by atoms with Gasteiger partial charge < -0.3 is 14.8 Å². The lowest BCUT2D eigenvalue weighted by atomic mass is 10.0. The van der Waals surface area contributed by atoms with Gasteiger partial charge in [0.1, 0.15) is 0 Å². The molecule has 3 aromatic carbocycles. The number of benzene rings is 3. The lowest BCUT2D eigenvalue weighted by molar-refractivity contribution is -0.118. The van der Waals surface area contributed by atoms with Gasteiger partial charge in [-0.25, -0.2) is 0 Å². The molecule has 4 rings (SSSR count). The van der Waals surface area contributed by atoms with Gasteiger partial charge in [-0.2, -0.15) is 0 Å². The average Bonchev–Trinajstić information content (AvgIpc) is 3.18. The number of para-hydroxylation sites is 1. The Balaban J connectivity index is 1.48. The van der Waals surface area contributed by atoms with E-state index in [1.807, 2.05) is 31.2 Å². The molecule has 10 heteroatoms. The van der Waals surface area contributed by atoms with Crippen LogP contribution in [-0.2, 0) is 9.59 Å². The summed E-state index contributed by atoms with van der Waals surface area (Å²) in [4.78, 5) is 27.7. The Bertz CT molecular complexity index is 1460. The van der Waals surface area contributed by atoms with Crippen LogP contribution in [0.1, 0.15) is 37.8 Å². The molecule has 3 aromatic rings. The van der Waals surface area contributed by atoms with E-state index in [2.05, 4.69) is 19.2 Å². The Labute approximate surface area is 247 Å². The molecule has 2 amide bonds. The Morgan fingerprint density at radius 3 is 2.54 bits per heavy atom. The van der Waals surface area contributed by atoms with Crippen LogP contribution in [0.5, 0.6) is 11.5 Å². The number of ether oxygens (including phenoxy) is 2. The van der Waals surface area contributed by atoms with Crippen LogP contribution < -0.4 is 19.7 Å². The van der Waals surface area contributed by atoms with Gasteiger partial charge in [0.05, 0.1) is 27.2 Å². The standard InChI is InChI=1S/C29H26Cl2N2O4S2/c1-4-36-25-13-18(14-26-28(35)33(29(38)39-26)19-10-11-21(30)22(31)15-19)9-12-24(25)37-16-27(34)32-23-8-6-5-7-20(23)17(2)3/h5-15,17H,4,16H2,1-3H3,(H,32,34)/b26-14-. The maximum atomic E-state index is 13.2. The molecule has 1 N–H and O–H groups in total. The lowest BCUT2D eigenvalue weighted by Gasteiger charge is -2.15. The maximum absolute atomic E-state index is 13.2. The molecule has 6 nitrogen and oxygen atoms in total. The van der Waals surface area contributed by atoms with Gasteiger partial charge in [-0.05, 0) is 66.4 Å². The van der Waals surface area contributed by atoms with Crippen molar-refractivity contribution in [3.63, 3.8) is 0 Å². The first-order valence-corrected chi connectivity index (χ1v) is 14.2. The highest BCUT2D eigenvalue weighted by Gasteiger charge is 2.33. The van der Waals surface area contributed by atoms with Crippen LogP contribution in [0.2, 0.25) is 10.0 Å². The van der Waals surface area contributed by atoms with Crippen molar-refractivity contribution in [2.75, 3.05) is 23.4 Å². The van der Waals surface area contributed by atoms with Gasteiger partial charge in [0.15, 0.2) is 22.4 Å². The predicted octanol–water partition coefficient (Wildman–Crippen LogP) is 7.94. The van der Waals surface area contributed by atoms with Crippen molar-refractivity contribution in [3.8, 4) is 11.5 Å². The zero-order chi connectivity index (χ0) is 28.1. The second-order valence-electron chi connectivity index (χ2n) is 8.83. The third-order valence-corrected chi connectivity index (χ3v) is 7.78. The molecule has 1 saturated heterocycles. The van der Waals surface area contributed by atoms with Crippen molar-refractivity contribution < 1.29 is 19.1 Å². The van der Waals surface area contributed by atoms with E-state index >= 15 is 0 Å². The predicted molar refractivity (Wildman–Crippen MR) is 164 cm³/mol. The Kier molecular flexibility index (Phi) is 9.56. The summed E-state index contributed by atoms with van der Waals surface area (Å²) < 4.78 is 12.0. The van der Waals surface area contributed by atoms with E-state index < -0.39 is 0 Å². The van der Waals surface area contributed by atoms with Gasteiger partial charge in [-0.1, -0.05) is 85.3 Å². The van der Waals surface area contributed by atoms with Crippen molar-refractivity contribution in [1.82, 2.24) is 0 Å². The minimum Gasteiger partial charge on any atom is -0.490 e. The Hall–Kier alpha value is -3.04. The second kappa shape index (κ2) is 12.9. The molecule has 1 fully saturated rings. The largest absolute Gasteiger partial charge is 0.490 e. The number of thiocarbonyl (C=S) groups is 1. The quantitative estimate of drug-likeness (QED) is 0.198. The molecule has 202 valence electrons. The molecule has 0 atom stereocenters. The van der Waals surface area contributed by atoms with E-state index in [0.717, 1.165) is 16.8 Å². The fourth-order valence-electron chi connectivity index (χ4n) is 3.91. The zero-order valence-corrected chi connectivity index (χ0v) is 24.6. The maximum Gasteiger partial charge on any atom is 0.270 e. The lowest BCUT2D eigenvalue weighted by Crippen LogP contribution is -2.27. The number of rotatable bonds is 9. The van der Waals surface area contributed by atoms with Crippen LogP contribution >= 0.6 is 47.2 Å². The molecule has 0 bridgehead atoms. The summed E-state index contributed by atoms with van der Waals surface area (Å²) in [5.41, 5.74) is 3.08. The SMILES string of the molecule is CCOc1cc(/C=C2\SC(=S)N(c3ccc(Cl)c(Cl)c3)C2=O)ccc1OCC(=O)Nc1ccccc1C(C)C. The number of nitrogens with one attached hydrogen (secondary N) is 1. The highest BCUT2D eigenvalue weighted by atomic mass is 35.5. The summed E-state index contributed by atoms with van der Waals surface area (Å²) in [6, 6.07) is 17.9. The summed E-state index contributed by atoms with van der Waals surface area (Å²) in [6.07, 6.45) is 1.73. The smallest absolute Gasteiger partial charge is 0.270 e.